The minimum Gasteiger partial charge on any atom is -0.480 e. The minimum absolute atomic E-state index is 0.0879. The lowest BCUT2D eigenvalue weighted by Crippen LogP contribution is -2.63. The third-order valence-corrected chi connectivity index (χ3v) is 11.2. The second-order valence-corrected chi connectivity index (χ2v) is 12.8. The Balaban J connectivity index is 1.44. The topological polar surface area (TPSA) is 102 Å². The second kappa shape index (κ2) is 9.65. The number of Topliss-reactive ketones (excluding diaryl/α,β-unsaturated/α-hetero) is 1. The number of esters is 1. The Labute approximate surface area is 230 Å². The fraction of sp³-hybridized carbons (Fsp3) is 0.655. The molecule has 0 radical (unpaired) electrons. The Kier molecular flexibility index (Phi) is 7.03. The fourth-order valence-electron chi connectivity index (χ4n) is 8.20. The predicted molar refractivity (Wildman–Crippen MR) is 144 cm³/mol. The summed E-state index contributed by atoms with van der Waals surface area (Å²) in [5.74, 6) is -0.340. The van der Waals surface area contributed by atoms with Crippen molar-refractivity contribution in [2.24, 2.45) is 34.0 Å². The van der Waals surface area contributed by atoms with Gasteiger partial charge in [0, 0.05) is 28.6 Å². The third-order valence-electron chi connectivity index (χ3n) is 10.8. The van der Waals surface area contributed by atoms with Crippen LogP contribution in [0.25, 0.3) is 0 Å². The van der Waals surface area contributed by atoms with Gasteiger partial charge in [-0.1, -0.05) is 51.4 Å². The summed E-state index contributed by atoms with van der Waals surface area (Å²) in [4.78, 5) is 26.8. The van der Waals surface area contributed by atoms with E-state index in [0.29, 0.717) is 18.3 Å². The molecule has 0 aromatic heterocycles. The summed E-state index contributed by atoms with van der Waals surface area (Å²) in [5.41, 5.74) is -0.404. The van der Waals surface area contributed by atoms with Crippen LogP contribution in [-0.2, 0) is 25.6 Å². The third kappa shape index (κ3) is 3.97. The Bertz CT molecular complexity index is 1160. The van der Waals surface area contributed by atoms with Crippen molar-refractivity contribution in [1.29, 1.82) is 0 Å². The van der Waals surface area contributed by atoms with Crippen LogP contribution in [0.3, 0.4) is 0 Å². The predicted octanol–water partition coefficient (Wildman–Crippen LogP) is 3.84. The molecule has 0 spiro atoms. The fourth-order valence-corrected chi connectivity index (χ4v) is 8.53. The van der Waals surface area contributed by atoms with E-state index in [1.165, 1.54) is 0 Å². The number of aliphatic hydroxyl groups is 1. The van der Waals surface area contributed by atoms with E-state index in [1.807, 2.05) is 6.92 Å². The van der Waals surface area contributed by atoms with Crippen LogP contribution in [0.5, 0.6) is 5.75 Å². The molecule has 0 saturated heterocycles. The standard InChI is InChI=1S/C29H38BClO7/c1-6-27(4)13-21(38-22(33)15-36-20-8-7-18-14-37-30(35)23(18)24(20)31)28(5)16(2)9-11-29(17(3)26(27)34)12-10-19(32)25(28)29/h6-8,16-17,21,25-26,34-35H,1,9-15H2,2-5H3/t16-,17+,21-,25+,26+,27-,28+,29+/m1/s1. The number of ketones is 1. The molecule has 2 bridgehead atoms. The monoisotopic (exact) mass is 544 g/mol. The summed E-state index contributed by atoms with van der Waals surface area (Å²) in [5, 5.41) is 21.9. The highest BCUT2D eigenvalue weighted by atomic mass is 35.5. The van der Waals surface area contributed by atoms with E-state index in [2.05, 4.69) is 27.4 Å². The van der Waals surface area contributed by atoms with E-state index in [0.717, 1.165) is 24.8 Å². The van der Waals surface area contributed by atoms with Gasteiger partial charge in [-0.05, 0) is 54.6 Å². The number of halogens is 1. The number of carbonyl (C=O) groups is 2. The molecule has 3 fully saturated rings. The summed E-state index contributed by atoms with van der Waals surface area (Å²) < 4.78 is 17.2. The number of hydrogen-bond donors (Lipinski definition) is 2. The molecular weight excluding hydrogens is 507 g/mol. The highest BCUT2D eigenvalue weighted by Gasteiger charge is 2.68. The summed E-state index contributed by atoms with van der Waals surface area (Å²) in [6.45, 7) is 12.2. The Morgan fingerprint density at radius 1 is 1.32 bits per heavy atom. The number of rotatable bonds is 5. The zero-order valence-corrected chi connectivity index (χ0v) is 23.4. The van der Waals surface area contributed by atoms with Gasteiger partial charge in [0.15, 0.2) is 6.61 Å². The molecule has 3 aliphatic carbocycles. The lowest BCUT2D eigenvalue weighted by atomic mass is 9.44. The van der Waals surface area contributed by atoms with Crippen LogP contribution in [0.15, 0.2) is 24.8 Å². The average Bonchev–Trinajstić information content (AvgIpc) is 3.45. The van der Waals surface area contributed by atoms with Crippen molar-refractivity contribution in [3.63, 3.8) is 0 Å². The molecule has 1 aliphatic heterocycles. The highest BCUT2D eigenvalue weighted by molar-refractivity contribution is 6.65. The Morgan fingerprint density at radius 2 is 2.05 bits per heavy atom. The number of benzene rings is 1. The number of carbonyl (C=O) groups excluding carboxylic acids is 2. The van der Waals surface area contributed by atoms with E-state index in [9.17, 15) is 19.7 Å². The summed E-state index contributed by atoms with van der Waals surface area (Å²) in [6, 6.07) is 3.40. The van der Waals surface area contributed by atoms with Crippen LogP contribution in [0.2, 0.25) is 5.02 Å². The van der Waals surface area contributed by atoms with Gasteiger partial charge in [0.25, 0.3) is 0 Å². The van der Waals surface area contributed by atoms with Crippen molar-refractivity contribution >= 4 is 35.9 Å². The van der Waals surface area contributed by atoms with Gasteiger partial charge in [0.2, 0.25) is 0 Å². The van der Waals surface area contributed by atoms with Gasteiger partial charge in [-0.3, -0.25) is 4.79 Å². The maximum atomic E-state index is 13.5. The van der Waals surface area contributed by atoms with Gasteiger partial charge >= 0.3 is 13.1 Å². The van der Waals surface area contributed by atoms with Crippen LogP contribution in [0, 0.1) is 34.0 Å². The molecule has 38 heavy (non-hydrogen) atoms. The Morgan fingerprint density at radius 3 is 2.76 bits per heavy atom. The first kappa shape index (κ1) is 27.7. The van der Waals surface area contributed by atoms with Crippen LogP contribution in [-0.4, -0.2) is 47.8 Å². The maximum Gasteiger partial charge on any atom is 0.493 e. The summed E-state index contributed by atoms with van der Waals surface area (Å²) >= 11 is 6.44. The van der Waals surface area contributed by atoms with E-state index in [-0.39, 0.29) is 52.9 Å². The largest absolute Gasteiger partial charge is 0.493 e. The zero-order valence-electron chi connectivity index (χ0n) is 22.7. The van der Waals surface area contributed by atoms with Gasteiger partial charge in [-0.15, -0.1) is 6.58 Å². The van der Waals surface area contributed by atoms with Crippen LogP contribution >= 0.6 is 11.6 Å². The van der Waals surface area contributed by atoms with Gasteiger partial charge < -0.3 is 24.3 Å². The molecule has 1 aromatic rings. The van der Waals surface area contributed by atoms with E-state index < -0.39 is 36.1 Å². The molecule has 2 N–H and O–H groups in total. The highest BCUT2D eigenvalue weighted by Crippen LogP contribution is 2.68. The quantitative estimate of drug-likeness (QED) is 0.330. The van der Waals surface area contributed by atoms with Gasteiger partial charge in [-0.25, -0.2) is 4.79 Å². The van der Waals surface area contributed by atoms with E-state index in [1.54, 1.807) is 18.2 Å². The van der Waals surface area contributed by atoms with Crippen LogP contribution < -0.4 is 10.2 Å². The molecule has 1 heterocycles. The van der Waals surface area contributed by atoms with Crippen LogP contribution in [0.4, 0.5) is 0 Å². The normalized spacial score (nSPS) is 40.1. The lowest BCUT2D eigenvalue weighted by molar-refractivity contribution is -0.207. The molecule has 3 saturated carbocycles. The molecule has 7 nitrogen and oxygen atoms in total. The van der Waals surface area contributed by atoms with Crippen molar-refractivity contribution in [3.8, 4) is 5.75 Å². The van der Waals surface area contributed by atoms with Crippen molar-refractivity contribution in [2.45, 2.75) is 78.6 Å². The number of ether oxygens (including phenoxy) is 2. The molecule has 9 heteroatoms. The molecule has 0 unspecified atom stereocenters. The summed E-state index contributed by atoms with van der Waals surface area (Å²) in [6.07, 6.45) is 3.83. The van der Waals surface area contributed by atoms with Crippen molar-refractivity contribution < 1.29 is 33.8 Å². The first-order chi connectivity index (χ1) is 17.9. The van der Waals surface area contributed by atoms with Gasteiger partial charge in [0.05, 0.1) is 17.7 Å². The number of aliphatic hydroxyl groups excluding tert-OH is 1. The first-order valence-corrected chi connectivity index (χ1v) is 14.0. The van der Waals surface area contributed by atoms with E-state index in [4.69, 9.17) is 25.7 Å². The van der Waals surface area contributed by atoms with Crippen molar-refractivity contribution in [2.75, 3.05) is 6.61 Å². The molecular formula is C29H38BClO7. The smallest absolute Gasteiger partial charge is 0.480 e. The summed E-state index contributed by atoms with van der Waals surface area (Å²) in [7, 11) is -1.13. The lowest BCUT2D eigenvalue weighted by Gasteiger charge is -2.61. The molecule has 0 amide bonds. The average molecular weight is 545 g/mol. The molecule has 1 aromatic carbocycles. The molecule has 4 aliphatic rings. The number of hydrogen-bond acceptors (Lipinski definition) is 7. The van der Waals surface area contributed by atoms with Crippen molar-refractivity contribution in [3.05, 3.63) is 35.4 Å². The zero-order chi connectivity index (χ0) is 27.6. The molecule has 206 valence electrons. The van der Waals surface area contributed by atoms with Crippen molar-refractivity contribution in [1.82, 2.24) is 0 Å². The maximum absolute atomic E-state index is 13.5. The molecule has 5 rings (SSSR count). The van der Waals surface area contributed by atoms with Crippen LogP contribution in [0.1, 0.15) is 65.4 Å². The van der Waals surface area contributed by atoms with Gasteiger partial charge in [-0.2, -0.15) is 0 Å². The SMILES string of the molecule is C=C[C@]1(C)C[C@@H](OC(=O)COc2ccc3c(c2Cl)B(O)OC3)[C@]2(C)[C@H](C)CC[C@]3(CCC(=O)[C@H]32)[C@@H](C)[C@@H]1O. The molecule has 8 atom stereocenters. The Hall–Kier alpha value is -1.87. The first-order valence-electron chi connectivity index (χ1n) is 13.7. The minimum atomic E-state index is -1.13. The van der Waals surface area contributed by atoms with E-state index >= 15 is 0 Å². The second-order valence-electron chi connectivity index (χ2n) is 12.5. The van der Waals surface area contributed by atoms with Gasteiger partial charge in [0.1, 0.15) is 17.6 Å². The number of fused-ring (bicyclic) bond motifs is 1.